The Labute approximate surface area is 127 Å². The van der Waals surface area contributed by atoms with Crippen molar-refractivity contribution < 1.29 is 14.0 Å². The summed E-state index contributed by atoms with van der Waals surface area (Å²) in [5, 5.41) is 7.55. The van der Waals surface area contributed by atoms with Crippen LogP contribution in [0.3, 0.4) is 0 Å². The van der Waals surface area contributed by atoms with Crippen molar-refractivity contribution in [3.05, 3.63) is 11.7 Å². The van der Waals surface area contributed by atoms with E-state index in [-0.39, 0.29) is 5.92 Å². The van der Waals surface area contributed by atoms with Crippen LogP contribution < -0.4 is 5.32 Å². The molecule has 0 bridgehead atoms. The number of aromatic nitrogens is 2. The van der Waals surface area contributed by atoms with E-state index < -0.39 is 0 Å². The molecule has 2 unspecified atom stereocenters. The average Bonchev–Trinajstić information content (AvgIpc) is 2.96. The monoisotopic (exact) mass is 299 g/mol. The van der Waals surface area contributed by atoms with E-state index in [1.165, 1.54) is 0 Å². The van der Waals surface area contributed by atoms with Crippen LogP contribution in [0.5, 0.6) is 0 Å². The van der Waals surface area contributed by atoms with E-state index in [1.807, 2.05) is 0 Å². The summed E-state index contributed by atoms with van der Waals surface area (Å²) >= 11 is 0. The molecule has 1 heterocycles. The number of methoxy groups -OCH3 is 1. The Kier molecular flexibility index (Phi) is 9.21. The smallest absolute Gasteiger partial charge is 0.231 e. The Balaban J connectivity index is 2.41. The van der Waals surface area contributed by atoms with E-state index in [4.69, 9.17) is 14.0 Å². The summed E-state index contributed by atoms with van der Waals surface area (Å²) in [5.74, 6) is 1.63. The fourth-order valence-corrected chi connectivity index (χ4v) is 2.14. The van der Waals surface area contributed by atoms with Crippen LogP contribution in [0.25, 0.3) is 0 Å². The van der Waals surface area contributed by atoms with Crippen molar-refractivity contribution in [2.75, 3.05) is 33.5 Å². The lowest BCUT2D eigenvalue weighted by Crippen LogP contribution is -2.33. The molecule has 1 aromatic heterocycles. The highest BCUT2D eigenvalue weighted by Gasteiger charge is 2.22. The molecule has 1 N–H and O–H groups in total. The summed E-state index contributed by atoms with van der Waals surface area (Å²) in [7, 11) is 1.66. The summed E-state index contributed by atoms with van der Waals surface area (Å²) in [5.41, 5.74) is 0. The summed E-state index contributed by atoms with van der Waals surface area (Å²) in [4.78, 5) is 4.48. The quantitative estimate of drug-likeness (QED) is 0.596. The van der Waals surface area contributed by atoms with Crippen molar-refractivity contribution in [1.82, 2.24) is 15.5 Å². The maximum atomic E-state index is 5.41. The third-order valence-corrected chi connectivity index (χ3v) is 3.48. The molecule has 0 amide bonds. The van der Waals surface area contributed by atoms with E-state index in [0.717, 1.165) is 19.4 Å². The molecule has 1 aromatic rings. The lowest BCUT2D eigenvalue weighted by atomic mass is 9.99. The first-order valence-electron chi connectivity index (χ1n) is 7.85. The highest BCUT2D eigenvalue weighted by atomic mass is 16.5. The molecule has 6 nitrogen and oxygen atoms in total. The van der Waals surface area contributed by atoms with Gasteiger partial charge in [0.1, 0.15) is 0 Å². The highest BCUT2D eigenvalue weighted by Crippen LogP contribution is 2.19. The molecule has 0 saturated heterocycles. The zero-order valence-electron chi connectivity index (χ0n) is 13.7. The van der Waals surface area contributed by atoms with Gasteiger partial charge in [0.15, 0.2) is 5.82 Å². The van der Waals surface area contributed by atoms with Crippen LogP contribution >= 0.6 is 0 Å². The molecule has 0 saturated carbocycles. The Hall–Kier alpha value is -0.980. The largest absolute Gasteiger partial charge is 0.382 e. The van der Waals surface area contributed by atoms with Gasteiger partial charge in [-0.05, 0) is 19.4 Å². The van der Waals surface area contributed by atoms with Gasteiger partial charge in [-0.3, -0.25) is 0 Å². The molecule has 21 heavy (non-hydrogen) atoms. The van der Waals surface area contributed by atoms with Crippen molar-refractivity contribution in [3.8, 4) is 0 Å². The fourth-order valence-electron chi connectivity index (χ4n) is 2.14. The van der Waals surface area contributed by atoms with Crippen LogP contribution in [0.1, 0.15) is 51.2 Å². The van der Waals surface area contributed by atoms with Gasteiger partial charge in [0.2, 0.25) is 5.89 Å². The molecule has 0 aliphatic rings. The number of ether oxygens (including phenoxy) is 2. The molecule has 6 heteroatoms. The van der Waals surface area contributed by atoms with Gasteiger partial charge in [-0.2, -0.15) is 4.98 Å². The number of hydrogen-bond acceptors (Lipinski definition) is 6. The van der Waals surface area contributed by atoms with E-state index in [1.54, 1.807) is 7.11 Å². The number of rotatable bonds is 12. The van der Waals surface area contributed by atoms with E-state index in [9.17, 15) is 0 Å². The number of nitrogens with one attached hydrogen (secondary N) is 1. The molecule has 0 aliphatic heterocycles. The lowest BCUT2D eigenvalue weighted by Gasteiger charge is -2.20. The van der Waals surface area contributed by atoms with Crippen molar-refractivity contribution in [2.24, 2.45) is 0 Å². The number of hydrogen-bond donors (Lipinski definition) is 1. The second-order valence-corrected chi connectivity index (χ2v) is 5.16. The Morgan fingerprint density at radius 3 is 2.71 bits per heavy atom. The molecule has 1 rings (SSSR count). The average molecular weight is 299 g/mol. The third-order valence-electron chi connectivity index (χ3n) is 3.48. The second-order valence-electron chi connectivity index (χ2n) is 5.16. The van der Waals surface area contributed by atoms with Crippen LogP contribution in [0.15, 0.2) is 4.52 Å². The maximum absolute atomic E-state index is 5.41. The summed E-state index contributed by atoms with van der Waals surface area (Å²) in [6, 6.07) is 0.371. The van der Waals surface area contributed by atoms with Gasteiger partial charge in [0.25, 0.3) is 0 Å². The van der Waals surface area contributed by atoms with Crippen LogP contribution in [-0.2, 0) is 15.9 Å². The van der Waals surface area contributed by atoms with Crippen LogP contribution in [0.4, 0.5) is 0 Å². The van der Waals surface area contributed by atoms with Gasteiger partial charge in [-0.1, -0.05) is 25.9 Å². The predicted octanol–water partition coefficient (Wildman–Crippen LogP) is 2.16. The number of nitrogens with zero attached hydrogens (tertiary/aromatic N) is 2. The van der Waals surface area contributed by atoms with Gasteiger partial charge in [0, 0.05) is 19.6 Å². The maximum Gasteiger partial charge on any atom is 0.231 e. The summed E-state index contributed by atoms with van der Waals surface area (Å²) in [6.07, 6.45) is 2.83. The van der Waals surface area contributed by atoms with Crippen LogP contribution in [0.2, 0.25) is 0 Å². The van der Waals surface area contributed by atoms with Crippen LogP contribution in [0, 0.1) is 0 Å². The minimum atomic E-state index is 0.220. The first kappa shape index (κ1) is 18.1. The van der Waals surface area contributed by atoms with E-state index in [0.29, 0.717) is 44.0 Å². The normalized spacial score (nSPS) is 14.3. The van der Waals surface area contributed by atoms with E-state index >= 15 is 0 Å². The molecule has 122 valence electrons. The molecule has 0 fully saturated rings. The minimum Gasteiger partial charge on any atom is -0.382 e. The molecule has 0 aliphatic carbocycles. The van der Waals surface area contributed by atoms with Crippen molar-refractivity contribution in [1.29, 1.82) is 0 Å². The van der Waals surface area contributed by atoms with E-state index in [2.05, 4.69) is 36.2 Å². The van der Waals surface area contributed by atoms with Crippen LogP contribution in [-0.4, -0.2) is 49.7 Å². The summed E-state index contributed by atoms with van der Waals surface area (Å²) in [6.45, 7) is 9.26. The molecular formula is C15H29N3O3. The van der Waals surface area contributed by atoms with Gasteiger partial charge in [-0.25, -0.2) is 0 Å². The van der Waals surface area contributed by atoms with Crippen molar-refractivity contribution in [2.45, 2.75) is 52.0 Å². The van der Waals surface area contributed by atoms with Gasteiger partial charge < -0.3 is 19.3 Å². The predicted molar refractivity (Wildman–Crippen MR) is 81.5 cm³/mol. The van der Waals surface area contributed by atoms with Gasteiger partial charge in [0.05, 0.1) is 25.7 Å². The Morgan fingerprint density at radius 2 is 2.05 bits per heavy atom. The molecular weight excluding hydrogens is 270 g/mol. The third kappa shape index (κ3) is 6.54. The zero-order chi connectivity index (χ0) is 15.5. The lowest BCUT2D eigenvalue weighted by molar-refractivity contribution is 0.0714. The zero-order valence-corrected chi connectivity index (χ0v) is 13.7. The van der Waals surface area contributed by atoms with Crippen molar-refractivity contribution in [3.63, 3.8) is 0 Å². The van der Waals surface area contributed by atoms with Gasteiger partial charge >= 0.3 is 0 Å². The SMILES string of the molecule is CCCNC(CC)C(C)c1nc(CCOCCOC)no1. The van der Waals surface area contributed by atoms with Gasteiger partial charge in [-0.15, -0.1) is 0 Å². The molecule has 0 aromatic carbocycles. The molecule has 0 radical (unpaired) electrons. The Bertz CT molecular complexity index is 371. The first-order valence-corrected chi connectivity index (χ1v) is 7.85. The second kappa shape index (κ2) is 10.7. The summed E-state index contributed by atoms with van der Waals surface area (Å²) < 4.78 is 15.7. The molecule has 2 atom stereocenters. The highest BCUT2D eigenvalue weighted by molar-refractivity contribution is 4.97. The molecule has 0 spiro atoms. The Morgan fingerprint density at radius 1 is 1.24 bits per heavy atom. The standard InChI is InChI=1S/C15H29N3O3/c1-5-8-16-13(6-2)12(3)15-17-14(18-21-15)7-9-20-11-10-19-4/h12-13,16H,5-11H2,1-4H3. The minimum absolute atomic E-state index is 0.220. The topological polar surface area (TPSA) is 69.4 Å². The fraction of sp³-hybridized carbons (Fsp3) is 0.867. The van der Waals surface area contributed by atoms with Crippen molar-refractivity contribution >= 4 is 0 Å². The first-order chi connectivity index (χ1) is 10.2.